The third kappa shape index (κ3) is 3.80. The van der Waals surface area contributed by atoms with Gasteiger partial charge in [0, 0.05) is 6.92 Å². The molecule has 1 heterocycles. The highest BCUT2D eigenvalue weighted by molar-refractivity contribution is 7.92. The van der Waals surface area contributed by atoms with Gasteiger partial charge >= 0.3 is 0 Å². The van der Waals surface area contributed by atoms with E-state index >= 15 is 0 Å². The number of nitrogens with zero attached hydrogens (tertiary/aromatic N) is 1. The number of hydrogen-bond donors (Lipinski definition) is 2. The number of sulfonamides is 1. The van der Waals surface area contributed by atoms with E-state index in [1.54, 1.807) is 36.4 Å². The highest BCUT2D eigenvalue weighted by atomic mass is 32.2. The molecule has 25 heavy (non-hydrogen) atoms. The molecule has 130 valence electrons. The molecule has 0 aliphatic heterocycles. The van der Waals surface area contributed by atoms with Crippen molar-refractivity contribution in [2.24, 2.45) is 0 Å². The maximum absolute atomic E-state index is 12.7. The van der Waals surface area contributed by atoms with Crippen LogP contribution < -0.4 is 10.0 Å². The van der Waals surface area contributed by atoms with Crippen molar-refractivity contribution in [2.75, 3.05) is 10.0 Å². The van der Waals surface area contributed by atoms with Crippen molar-refractivity contribution in [3.05, 3.63) is 48.0 Å². The highest BCUT2D eigenvalue weighted by Gasteiger charge is 2.18. The van der Waals surface area contributed by atoms with Gasteiger partial charge < -0.3 is 5.32 Å². The van der Waals surface area contributed by atoms with Crippen molar-refractivity contribution in [3.63, 3.8) is 0 Å². The second kappa shape index (κ2) is 6.81. The molecule has 3 rings (SSSR count). The number of rotatable bonds is 5. The summed E-state index contributed by atoms with van der Waals surface area (Å²) in [5, 5.41) is 3.12. The van der Waals surface area contributed by atoms with E-state index in [-0.39, 0.29) is 10.8 Å². The molecule has 1 amide bonds. The molecule has 0 aliphatic carbocycles. The van der Waals surface area contributed by atoms with Crippen LogP contribution in [-0.2, 0) is 21.2 Å². The molecule has 8 heteroatoms. The maximum Gasteiger partial charge on any atom is 0.262 e. The van der Waals surface area contributed by atoms with Crippen LogP contribution in [0.3, 0.4) is 0 Å². The van der Waals surface area contributed by atoms with Crippen LogP contribution in [0.4, 0.5) is 10.8 Å². The van der Waals surface area contributed by atoms with Crippen molar-refractivity contribution in [3.8, 4) is 0 Å². The fraction of sp³-hybridized carbons (Fsp3) is 0.176. The number of fused-ring (bicyclic) bond motifs is 1. The lowest BCUT2D eigenvalue weighted by Crippen LogP contribution is -2.14. The van der Waals surface area contributed by atoms with Gasteiger partial charge in [-0.05, 0) is 36.2 Å². The summed E-state index contributed by atoms with van der Waals surface area (Å²) in [5.41, 5.74) is 1.81. The van der Waals surface area contributed by atoms with Gasteiger partial charge in [0.2, 0.25) is 5.91 Å². The first-order valence-electron chi connectivity index (χ1n) is 7.68. The zero-order chi connectivity index (χ0) is 18.0. The standard InChI is InChI=1S/C17H17N3O3S2/c1-3-12-6-4-5-7-16(12)25(22,23)20-13-8-9-15-14(10-13)19-17(24-15)18-11(2)21/h4-10,20H,3H2,1-2H3,(H,18,19,21). The Labute approximate surface area is 150 Å². The summed E-state index contributed by atoms with van der Waals surface area (Å²) >= 11 is 1.33. The van der Waals surface area contributed by atoms with E-state index < -0.39 is 10.0 Å². The molecule has 0 fully saturated rings. The first kappa shape index (κ1) is 17.4. The molecular formula is C17H17N3O3S2. The number of hydrogen-bond acceptors (Lipinski definition) is 5. The summed E-state index contributed by atoms with van der Waals surface area (Å²) in [6, 6.07) is 12.0. The number of benzene rings is 2. The Morgan fingerprint density at radius 3 is 2.68 bits per heavy atom. The van der Waals surface area contributed by atoms with Crippen LogP contribution in [0.15, 0.2) is 47.4 Å². The van der Waals surface area contributed by atoms with Gasteiger partial charge in [-0.3, -0.25) is 9.52 Å². The number of carbonyl (C=O) groups excluding carboxylic acids is 1. The molecule has 2 aromatic carbocycles. The van der Waals surface area contributed by atoms with Crippen molar-refractivity contribution < 1.29 is 13.2 Å². The molecule has 0 radical (unpaired) electrons. The van der Waals surface area contributed by atoms with E-state index in [1.165, 1.54) is 18.3 Å². The minimum absolute atomic E-state index is 0.198. The van der Waals surface area contributed by atoms with Gasteiger partial charge in [-0.2, -0.15) is 0 Å². The third-order valence-electron chi connectivity index (χ3n) is 3.57. The van der Waals surface area contributed by atoms with Gasteiger partial charge in [0.1, 0.15) is 0 Å². The predicted molar refractivity (Wildman–Crippen MR) is 101 cm³/mol. The lowest BCUT2D eigenvalue weighted by atomic mass is 10.2. The van der Waals surface area contributed by atoms with E-state index in [2.05, 4.69) is 15.0 Å². The van der Waals surface area contributed by atoms with Gasteiger partial charge in [0.05, 0.1) is 20.8 Å². The molecule has 0 bridgehead atoms. The first-order valence-corrected chi connectivity index (χ1v) is 9.98. The quantitative estimate of drug-likeness (QED) is 0.713. The number of nitrogens with one attached hydrogen (secondary N) is 2. The molecule has 0 saturated heterocycles. The second-order valence-electron chi connectivity index (χ2n) is 5.45. The molecule has 0 unspecified atom stereocenters. The van der Waals surface area contributed by atoms with E-state index in [0.29, 0.717) is 22.8 Å². The van der Waals surface area contributed by atoms with Crippen LogP contribution >= 0.6 is 11.3 Å². The van der Waals surface area contributed by atoms with Crippen molar-refractivity contribution in [1.29, 1.82) is 0 Å². The van der Waals surface area contributed by atoms with Crippen LogP contribution in [0, 0.1) is 0 Å². The number of carbonyl (C=O) groups is 1. The molecule has 1 aromatic heterocycles. The van der Waals surface area contributed by atoms with E-state index in [0.717, 1.165) is 10.3 Å². The summed E-state index contributed by atoms with van der Waals surface area (Å²) in [6.07, 6.45) is 0.627. The zero-order valence-corrected chi connectivity index (χ0v) is 15.4. The van der Waals surface area contributed by atoms with Gasteiger partial charge in [-0.1, -0.05) is 36.5 Å². The van der Waals surface area contributed by atoms with Crippen molar-refractivity contribution in [2.45, 2.75) is 25.2 Å². The monoisotopic (exact) mass is 375 g/mol. The Bertz CT molecular complexity index is 1040. The topological polar surface area (TPSA) is 88.2 Å². The first-order chi connectivity index (χ1) is 11.9. The molecule has 0 aliphatic rings. The largest absolute Gasteiger partial charge is 0.302 e. The SMILES string of the molecule is CCc1ccccc1S(=O)(=O)Nc1ccc2sc(NC(C)=O)nc2c1. The molecular weight excluding hydrogens is 358 g/mol. The Balaban J connectivity index is 1.92. The minimum atomic E-state index is -3.68. The fourth-order valence-corrected chi connectivity index (χ4v) is 4.72. The molecule has 0 spiro atoms. The number of aryl methyl sites for hydroxylation is 1. The van der Waals surface area contributed by atoms with Crippen LogP contribution in [0.2, 0.25) is 0 Å². The van der Waals surface area contributed by atoms with Crippen LogP contribution in [0.1, 0.15) is 19.4 Å². The Kier molecular flexibility index (Phi) is 4.73. The minimum Gasteiger partial charge on any atom is -0.302 e. The maximum atomic E-state index is 12.7. The van der Waals surface area contributed by atoms with Gasteiger partial charge in [0.25, 0.3) is 10.0 Å². The summed E-state index contributed by atoms with van der Waals surface area (Å²) in [6.45, 7) is 3.33. The molecule has 2 N–H and O–H groups in total. The molecule has 6 nitrogen and oxygen atoms in total. The molecule has 3 aromatic rings. The van der Waals surface area contributed by atoms with Crippen LogP contribution in [0.5, 0.6) is 0 Å². The lowest BCUT2D eigenvalue weighted by molar-refractivity contribution is -0.114. The van der Waals surface area contributed by atoms with Crippen molar-refractivity contribution >= 4 is 48.3 Å². The Morgan fingerprint density at radius 1 is 1.20 bits per heavy atom. The number of amides is 1. The lowest BCUT2D eigenvalue weighted by Gasteiger charge is -2.11. The van der Waals surface area contributed by atoms with Crippen LogP contribution in [0.25, 0.3) is 10.2 Å². The number of anilines is 2. The van der Waals surface area contributed by atoms with Gasteiger partial charge in [-0.15, -0.1) is 0 Å². The average Bonchev–Trinajstić information content (AvgIpc) is 2.95. The summed E-state index contributed by atoms with van der Waals surface area (Å²) in [7, 11) is -3.68. The van der Waals surface area contributed by atoms with Gasteiger partial charge in [0.15, 0.2) is 5.13 Å². The van der Waals surface area contributed by atoms with E-state index in [9.17, 15) is 13.2 Å². The zero-order valence-electron chi connectivity index (χ0n) is 13.7. The Hall–Kier alpha value is -2.45. The average molecular weight is 375 g/mol. The van der Waals surface area contributed by atoms with E-state index in [4.69, 9.17) is 0 Å². The molecule has 0 atom stereocenters. The van der Waals surface area contributed by atoms with E-state index in [1.807, 2.05) is 13.0 Å². The number of thiazole rings is 1. The summed E-state index contributed by atoms with van der Waals surface area (Å²) < 4.78 is 28.8. The number of aromatic nitrogens is 1. The van der Waals surface area contributed by atoms with Crippen molar-refractivity contribution in [1.82, 2.24) is 4.98 Å². The second-order valence-corrected chi connectivity index (χ2v) is 8.13. The smallest absolute Gasteiger partial charge is 0.262 e. The van der Waals surface area contributed by atoms with Crippen LogP contribution in [-0.4, -0.2) is 19.3 Å². The normalized spacial score (nSPS) is 11.4. The molecule has 0 saturated carbocycles. The van der Waals surface area contributed by atoms with Gasteiger partial charge in [-0.25, -0.2) is 13.4 Å². The fourth-order valence-electron chi connectivity index (χ4n) is 2.46. The Morgan fingerprint density at radius 2 is 1.96 bits per heavy atom. The summed E-state index contributed by atoms with van der Waals surface area (Å²) in [4.78, 5) is 15.7. The highest BCUT2D eigenvalue weighted by Crippen LogP contribution is 2.29. The third-order valence-corrected chi connectivity index (χ3v) is 6.00. The predicted octanol–water partition coefficient (Wildman–Crippen LogP) is 3.62. The summed E-state index contributed by atoms with van der Waals surface area (Å²) in [5.74, 6) is -0.198.